The average Bonchev–Trinajstić information content (AvgIpc) is 3.63. The molecule has 0 aliphatic carbocycles. The van der Waals surface area contributed by atoms with Crippen LogP contribution in [0.15, 0.2) is 204 Å². The molecule has 0 saturated carbocycles. The molecule has 12 rings (SSSR count). The molecule has 9 aromatic carbocycles. The van der Waals surface area contributed by atoms with Crippen LogP contribution < -0.4 is 4.90 Å². The van der Waals surface area contributed by atoms with Gasteiger partial charge < -0.3 is 4.90 Å². The highest BCUT2D eigenvalue weighted by Gasteiger charge is 2.26. The molecule has 2 aromatic heterocycles. The second-order valence-corrected chi connectivity index (χ2v) is 15.6. The number of para-hydroxylation sites is 2. The lowest BCUT2D eigenvalue weighted by Gasteiger charge is -2.33. The van der Waals surface area contributed by atoms with E-state index in [1.807, 2.05) is 11.8 Å². The molecule has 4 nitrogen and oxygen atoms in total. The molecule has 57 heavy (non-hydrogen) atoms. The standard InChI is InChI=1S/C52H32N4S/c1-3-16-35(17-4-1)50-41-29-26-34-15-8-10-21-40(34)51(41)54-52(53-50)56-44-24-13-22-39(49(44)48-38-20-9-7-14-33(38)27-31-45(48)56)36-28-30-43-47(32-36)57-46-25-12-11-23-42(46)55(43)37-18-5-2-6-19-37/h1-32H. The molecular weight excluding hydrogens is 713 g/mol. The van der Waals surface area contributed by atoms with Crippen molar-refractivity contribution < 1.29 is 0 Å². The van der Waals surface area contributed by atoms with Crippen LogP contribution in [0.5, 0.6) is 0 Å². The van der Waals surface area contributed by atoms with Crippen molar-refractivity contribution in [1.29, 1.82) is 0 Å². The Morgan fingerprint density at radius 1 is 0.421 bits per heavy atom. The fourth-order valence-corrected chi connectivity index (χ4v) is 9.93. The van der Waals surface area contributed by atoms with Crippen molar-refractivity contribution in [1.82, 2.24) is 14.5 Å². The van der Waals surface area contributed by atoms with Crippen molar-refractivity contribution in [2.24, 2.45) is 0 Å². The van der Waals surface area contributed by atoms with E-state index in [0.717, 1.165) is 49.7 Å². The van der Waals surface area contributed by atoms with Gasteiger partial charge in [-0.25, -0.2) is 9.97 Å². The Bertz CT molecular complexity index is 3390. The smallest absolute Gasteiger partial charge is 0.235 e. The van der Waals surface area contributed by atoms with E-state index in [9.17, 15) is 0 Å². The molecule has 11 aromatic rings. The van der Waals surface area contributed by atoms with Crippen LogP contribution in [-0.2, 0) is 0 Å². The Morgan fingerprint density at radius 2 is 1.11 bits per heavy atom. The van der Waals surface area contributed by atoms with E-state index in [2.05, 4.69) is 204 Å². The molecule has 1 aliphatic heterocycles. The van der Waals surface area contributed by atoms with Gasteiger partial charge in [-0.3, -0.25) is 4.57 Å². The maximum absolute atomic E-state index is 5.47. The molecule has 1 aliphatic rings. The van der Waals surface area contributed by atoms with Gasteiger partial charge in [0.15, 0.2) is 0 Å². The van der Waals surface area contributed by atoms with E-state index in [1.54, 1.807) is 0 Å². The lowest BCUT2D eigenvalue weighted by atomic mass is 9.96. The molecular formula is C52H32N4S. The number of rotatable bonds is 4. The first-order valence-corrected chi connectivity index (χ1v) is 20.1. The summed E-state index contributed by atoms with van der Waals surface area (Å²) in [4.78, 5) is 15.8. The number of hydrogen-bond acceptors (Lipinski definition) is 4. The van der Waals surface area contributed by atoms with Crippen molar-refractivity contribution >= 4 is 83.1 Å². The van der Waals surface area contributed by atoms with Crippen LogP contribution in [0.3, 0.4) is 0 Å². The molecule has 5 heteroatoms. The predicted octanol–water partition coefficient (Wildman–Crippen LogP) is 14.3. The summed E-state index contributed by atoms with van der Waals surface area (Å²) in [6.07, 6.45) is 0. The fraction of sp³-hybridized carbons (Fsp3) is 0. The van der Waals surface area contributed by atoms with E-state index in [-0.39, 0.29) is 0 Å². The summed E-state index contributed by atoms with van der Waals surface area (Å²) >= 11 is 1.84. The third-order valence-corrected chi connectivity index (χ3v) is 12.5. The molecule has 0 radical (unpaired) electrons. The van der Waals surface area contributed by atoms with Crippen LogP contribution in [0.4, 0.5) is 17.1 Å². The molecule has 0 N–H and O–H groups in total. The third-order valence-electron chi connectivity index (χ3n) is 11.4. The van der Waals surface area contributed by atoms with Crippen molar-refractivity contribution in [3.05, 3.63) is 194 Å². The average molecular weight is 745 g/mol. The molecule has 3 heterocycles. The van der Waals surface area contributed by atoms with Gasteiger partial charge in [0.05, 0.1) is 33.6 Å². The molecule has 0 bridgehead atoms. The second kappa shape index (κ2) is 12.7. The summed E-state index contributed by atoms with van der Waals surface area (Å²) < 4.78 is 2.29. The molecule has 266 valence electrons. The number of fused-ring (bicyclic) bond motifs is 10. The molecule has 0 spiro atoms. The molecule has 0 unspecified atom stereocenters. The third kappa shape index (κ3) is 4.96. The maximum atomic E-state index is 5.47. The lowest BCUT2D eigenvalue weighted by Crippen LogP contribution is -2.14. The van der Waals surface area contributed by atoms with Gasteiger partial charge >= 0.3 is 0 Å². The van der Waals surface area contributed by atoms with E-state index in [4.69, 9.17) is 9.97 Å². The maximum Gasteiger partial charge on any atom is 0.235 e. The van der Waals surface area contributed by atoms with Crippen molar-refractivity contribution in [3.63, 3.8) is 0 Å². The number of hydrogen-bond donors (Lipinski definition) is 0. The van der Waals surface area contributed by atoms with Crippen molar-refractivity contribution in [2.75, 3.05) is 4.90 Å². The van der Waals surface area contributed by atoms with Gasteiger partial charge in [0.1, 0.15) is 0 Å². The highest BCUT2D eigenvalue weighted by Crippen LogP contribution is 2.53. The summed E-state index contributed by atoms with van der Waals surface area (Å²) in [5.74, 6) is 0.654. The second-order valence-electron chi connectivity index (χ2n) is 14.6. The largest absolute Gasteiger partial charge is 0.308 e. The number of anilines is 3. The summed E-state index contributed by atoms with van der Waals surface area (Å²) in [6.45, 7) is 0. The van der Waals surface area contributed by atoms with Crippen LogP contribution >= 0.6 is 11.8 Å². The van der Waals surface area contributed by atoms with E-state index >= 15 is 0 Å². The number of aromatic nitrogens is 3. The molecule has 0 atom stereocenters. The first-order valence-electron chi connectivity index (χ1n) is 19.3. The van der Waals surface area contributed by atoms with Crippen LogP contribution in [0.25, 0.3) is 82.6 Å². The number of benzene rings is 9. The minimum Gasteiger partial charge on any atom is -0.308 e. The lowest BCUT2D eigenvalue weighted by molar-refractivity contribution is 1.02. The van der Waals surface area contributed by atoms with Crippen LogP contribution in [0, 0.1) is 0 Å². The zero-order valence-corrected chi connectivity index (χ0v) is 31.5. The first-order chi connectivity index (χ1) is 28.3. The monoisotopic (exact) mass is 744 g/mol. The van der Waals surface area contributed by atoms with Gasteiger partial charge in [0.2, 0.25) is 5.95 Å². The predicted molar refractivity (Wildman–Crippen MR) is 239 cm³/mol. The van der Waals surface area contributed by atoms with Gasteiger partial charge in [-0.1, -0.05) is 151 Å². The quantitative estimate of drug-likeness (QED) is 0.168. The van der Waals surface area contributed by atoms with Crippen LogP contribution in [-0.4, -0.2) is 14.5 Å². The summed E-state index contributed by atoms with van der Waals surface area (Å²) in [5.41, 5.74) is 10.9. The van der Waals surface area contributed by atoms with Crippen LogP contribution in [0.2, 0.25) is 0 Å². The van der Waals surface area contributed by atoms with E-state index in [0.29, 0.717) is 5.95 Å². The Balaban J connectivity index is 1.15. The van der Waals surface area contributed by atoms with Gasteiger partial charge in [0.25, 0.3) is 0 Å². The Hall–Kier alpha value is -7.21. The fourth-order valence-electron chi connectivity index (χ4n) is 8.83. The minimum absolute atomic E-state index is 0.654. The SMILES string of the molecule is c1ccc(-c2nc(-n3c4cccc(-c5ccc6c(c5)Sc5ccccc5N6c5ccccc5)c4c4c5ccccc5ccc43)nc3c2ccc2ccccc23)cc1. The van der Waals surface area contributed by atoms with Gasteiger partial charge in [-0.15, -0.1) is 0 Å². The van der Waals surface area contributed by atoms with Crippen molar-refractivity contribution in [2.45, 2.75) is 9.79 Å². The normalized spacial score (nSPS) is 12.5. The van der Waals surface area contributed by atoms with Crippen LogP contribution in [0.1, 0.15) is 0 Å². The summed E-state index contributed by atoms with van der Waals surface area (Å²) in [7, 11) is 0. The van der Waals surface area contributed by atoms with E-state index in [1.165, 1.54) is 53.8 Å². The van der Waals surface area contributed by atoms with Gasteiger partial charge in [-0.05, 0) is 81.9 Å². The minimum atomic E-state index is 0.654. The highest BCUT2D eigenvalue weighted by atomic mass is 32.2. The number of nitrogens with zero attached hydrogens (tertiary/aromatic N) is 4. The summed E-state index contributed by atoms with van der Waals surface area (Å²) in [5, 5.41) is 8.09. The zero-order chi connectivity index (χ0) is 37.5. The zero-order valence-electron chi connectivity index (χ0n) is 30.7. The Morgan fingerprint density at radius 3 is 1.96 bits per heavy atom. The molecule has 0 saturated heterocycles. The van der Waals surface area contributed by atoms with E-state index < -0.39 is 0 Å². The van der Waals surface area contributed by atoms with Gasteiger partial charge in [0, 0.05) is 42.6 Å². The Labute approximate surface area is 333 Å². The Kier molecular flexibility index (Phi) is 7.13. The first kappa shape index (κ1) is 32.1. The topological polar surface area (TPSA) is 34.0 Å². The van der Waals surface area contributed by atoms with Crippen molar-refractivity contribution in [3.8, 4) is 28.3 Å². The molecule has 0 fully saturated rings. The highest BCUT2D eigenvalue weighted by molar-refractivity contribution is 7.99. The summed E-state index contributed by atoms with van der Waals surface area (Å²) in [6, 6.07) is 69.6. The van der Waals surface area contributed by atoms with Gasteiger partial charge in [-0.2, -0.15) is 0 Å². The molecule has 0 amide bonds.